The first-order valence-corrected chi connectivity index (χ1v) is 5.64. The van der Waals surface area contributed by atoms with Crippen molar-refractivity contribution in [2.45, 2.75) is 12.8 Å². The number of anilines is 1. The Kier molecular flexibility index (Phi) is 3.80. The molecule has 84 valence electrons. The van der Waals surface area contributed by atoms with Crippen LogP contribution in [-0.2, 0) is 11.2 Å². The predicted molar refractivity (Wildman–Crippen MR) is 56.4 cm³/mol. The largest absolute Gasteiger partial charge is 0.408 e. The van der Waals surface area contributed by atoms with Gasteiger partial charge in [0.15, 0.2) is 0 Å². The van der Waals surface area contributed by atoms with Crippen molar-refractivity contribution in [3.63, 3.8) is 0 Å². The van der Waals surface area contributed by atoms with Crippen molar-refractivity contribution < 1.29 is 9.15 Å². The van der Waals surface area contributed by atoms with E-state index in [1.54, 1.807) is 0 Å². The minimum absolute atomic E-state index is 0.505. The number of hydrogen-bond acceptors (Lipinski definition) is 5. The Morgan fingerprint density at radius 2 is 2.20 bits per heavy atom. The molecule has 2 rings (SSSR count). The first-order chi connectivity index (χ1) is 7.40. The lowest BCUT2D eigenvalue weighted by molar-refractivity contribution is 0.152. The van der Waals surface area contributed by atoms with E-state index in [0.29, 0.717) is 30.8 Å². The zero-order valence-corrected chi connectivity index (χ0v) is 9.24. The van der Waals surface area contributed by atoms with Crippen molar-refractivity contribution in [2.24, 2.45) is 0 Å². The summed E-state index contributed by atoms with van der Waals surface area (Å²) in [5, 5.41) is 7.92. The van der Waals surface area contributed by atoms with E-state index in [4.69, 9.17) is 20.8 Å². The van der Waals surface area contributed by atoms with Crippen LogP contribution < -0.4 is 4.90 Å². The van der Waals surface area contributed by atoms with E-state index in [1.165, 1.54) is 0 Å². The first kappa shape index (κ1) is 10.7. The Labute approximate surface area is 93.4 Å². The molecule has 1 saturated heterocycles. The molecule has 0 aromatic carbocycles. The molecule has 1 fully saturated rings. The lowest BCUT2D eigenvalue weighted by Crippen LogP contribution is -2.26. The maximum atomic E-state index is 5.60. The average Bonchev–Trinajstić information content (AvgIpc) is 2.53. The van der Waals surface area contributed by atoms with E-state index in [1.807, 2.05) is 0 Å². The molecular formula is C9H14ClN3O2. The predicted octanol–water partition coefficient (Wildman–Crippen LogP) is 1.08. The molecule has 0 N–H and O–H groups in total. The lowest BCUT2D eigenvalue weighted by atomic mass is 10.4. The summed E-state index contributed by atoms with van der Waals surface area (Å²) in [6.07, 6.45) is 1.62. The van der Waals surface area contributed by atoms with Crippen molar-refractivity contribution in [3.8, 4) is 0 Å². The molecule has 0 saturated carbocycles. The topological polar surface area (TPSA) is 51.4 Å². The fourth-order valence-corrected chi connectivity index (χ4v) is 1.65. The summed E-state index contributed by atoms with van der Waals surface area (Å²) in [6.45, 7) is 3.23. The third kappa shape index (κ3) is 2.82. The number of aryl methyl sites for hydroxylation is 1. The van der Waals surface area contributed by atoms with Crippen LogP contribution in [0, 0.1) is 0 Å². The molecule has 0 spiro atoms. The zero-order valence-electron chi connectivity index (χ0n) is 8.49. The third-order valence-corrected chi connectivity index (χ3v) is 2.45. The summed E-state index contributed by atoms with van der Waals surface area (Å²) < 4.78 is 10.8. The summed E-state index contributed by atoms with van der Waals surface area (Å²) in [7, 11) is 0. The van der Waals surface area contributed by atoms with E-state index in [-0.39, 0.29) is 0 Å². The molecule has 6 heteroatoms. The second-order valence-electron chi connectivity index (χ2n) is 3.37. The van der Waals surface area contributed by atoms with Crippen LogP contribution in [0.3, 0.4) is 0 Å². The minimum atomic E-state index is 0.505. The number of ether oxygens (including phenoxy) is 1. The molecule has 1 aliphatic rings. The lowest BCUT2D eigenvalue weighted by Gasteiger charge is -2.15. The number of halogens is 1. The molecule has 0 atom stereocenters. The van der Waals surface area contributed by atoms with Gasteiger partial charge in [0.1, 0.15) is 0 Å². The number of hydrogen-bond donors (Lipinski definition) is 0. The van der Waals surface area contributed by atoms with Gasteiger partial charge < -0.3 is 14.1 Å². The maximum absolute atomic E-state index is 5.60. The first-order valence-electron chi connectivity index (χ1n) is 5.11. The van der Waals surface area contributed by atoms with Crippen LogP contribution in [0.25, 0.3) is 0 Å². The Morgan fingerprint density at radius 1 is 1.27 bits per heavy atom. The van der Waals surface area contributed by atoms with Gasteiger partial charge in [-0.05, 0) is 6.42 Å². The zero-order chi connectivity index (χ0) is 10.5. The highest BCUT2D eigenvalue weighted by atomic mass is 35.5. The van der Waals surface area contributed by atoms with E-state index >= 15 is 0 Å². The minimum Gasteiger partial charge on any atom is -0.408 e. The van der Waals surface area contributed by atoms with Gasteiger partial charge in [0.05, 0.1) is 6.61 Å². The molecular weight excluding hydrogens is 218 g/mol. The monoisotopic (exact) mass is 231 g/mol. The number of aromatic nitrogens is 2. The summed E-state index contributed by atoms with van der Waals surface area (Å²) in [6, 6.07) is 0.584. The van der Waals surface area contributed by atoms with Crippen molar-refractivity contribution >= 4 is 17.6 Å². The van der Waals surface area contributed by atoms with E-state index in [0.717, 1.165) is 26.1 Å². The Morgan fingerprint density at radius 3 is 3.07 bits per heavy atom. The van der Waals surface area contributed by atoms with E-state index < -0.39 is 0 Å². The summed E-state index contributed by atoms with van der Waals surface area (Å²) in [5.41, 5.74) is 0. The van der Waals surface area contributed by atoms with Gasteiger partial charge in [-0.15, -0.1) is 16.7 Å². The second-order valence-corrected chi connectivity index (χ2v) is 3.75. The molecule has 1 aliphatic heterocycles. The highest BCUT2D eigenvalue weighted by molar-refractivity contribution is 6.17. The van der Waals surface area contributed by atoms with Crippen LogP contribution in [0.15, 0.2) is 4.42 Å². The third-order valence-electron chi connectivity index (χ3n) is 2.26. The van der Waals surface area contributed by atoms with Gasteiger partial charge in [0.2, 0.25) is 5.89 Å². The average molecular weight is 232 g/mol. The Bertz CT molecular complexity index is 297. The molecule has 0 radical (unpaired) electrons. The van der Waals surface area contributed by atoms with Crippen molar-refractivity contribution in [2.75, 3.05) is 37.1 Å². The second kappa shape index (κ2) is 5.32. The smallest absolute Gasteiger partial charge is 0.318 e. The normalized spacial score (nSPS) is 17.8. The van der Waals surface area contributed by atoms with Gasteiger partial charge in [-0.2, -0.15) is 0 Å². The van der Waals surface area contributed by atoms with Gasteiger partial charge >= 0.3 is 6.01 Å². The fourth-order valence-electron chi connectivity index (χ4n) is 1.49. The van der Waals surface area contributed by atoms with Gasteiger partial charge in [-0.3, -0.25) is 0 Å². The summed E-state index contributed by atoms with van der Waals surface area (Å²) in [4.78, 5) is 2.05. The molecule has 0 aliphatic carbocycles. The Hall–Kier alpha value is -0.810. The Balaban J connectivity index is 2.00. The molecule has 15 heavy (non-hydrogen) atoms. The van der Waals surface area contributed by atoms with Crippen LogP contribution in [0.2, 0.25) is 0 Å². The van der Waals surface area contributed by atoms with E-state index in [2.05, 4.69) is 15.1 Å². The van der Waals surface area contributed by atoms with Crippen LogP contribution in [0.1, 0.15) is 12.3 Å². The summed E-state index contributed by atoms with van der Waals surface area (Å²) >= 11 is 5.60. The van der Waals surface area contributed by atoms with Gasteiger partial charge in [0.25, 0.3) is 0 Å². The van der Waals surface area contributed by atoms with Crippen molar-refractivity contribution in [1.29, 1.82) is 0 Å². The molecule has 0 bridgehead atoms. The molecule has 2 heterocycles. The molecule has 1 aromatic heterocycles. The number of rotatable bonds is 3. The van der Waals surface area contributed by atoms with E-state index in [9.17, 15) is 0 Å². The SMILES string of the molecule is ClCCc1nnc(N2CCCOCC2)o1. The van der Waals surface area contributed by atoms with Crippen LogP contribution in [0.4, 0.5) is 6.01 Å². The molecule has 5 nitrogen and oxygen atoms in total. The van der Waals surface area contributed by atoms with Gasteiger partial charge in [0, 0.05) is 32.0 Å². The van der Waals surface area contributed by atoms with Crippen LogP contribution in [-0.4, -0.2) is 42.4 Å². The molecule has 0 amide bonds. The van der Waals surface area contributed by atoms with Crippen molar-refractivity contribution in [1.82, 2.24) is 10.2 Å². The molecule has 0 unspecified atom stereocenters. The fraction of sp³-hybridized carbons (Fsp3) is 0.778. The number of nitrogens with zero attached hydrogens (tertiary/aromatic N) is 3. The van der Waals surface area contributed by atoms with Gasteiger partial charge in [-0.25, -0.2) is 0 Å². The quantitative estimate of drug-likeness (QED) is 0.729. The standard InChI is InChI=1S/C9H14ClN3O2/c10-3-2-8-11-12-9(15-8)13-4-1-6-14-7-5-13/h1-7H2. The molecule has 1 aromatic rings. The van der Waals surface area contributed by atoms with Crippen LogP contribution in [0.5, 0.6) is 0 Å². The highest BCUT2D eigenvalue weighted by Gasteiger charge is 2.15. The highest BCUT2D eigenvalue weighted by Crippen LogP contribution is 2.14. The number of alkyl halides is 1. The van der Waals surface area contributed by atoms with Crippen LogP contribution >= 0.6 is 11.6 Å². The maximum Gasteiger partial charge on any atom is 0.318 e. The summed E-state index contributed by atoms with van der Waals surface area (Å²) in [5.74, 6) is 1.11. The van der Waals surface area contributed by atoms with Crippen molar-refractivity contribution in [3.05, 3.63) is 5.89 Å². The van der Waals surface area contributed by atoms with Gasteiger partial charge in [-0.1, -0.05) is 5.10 Å².